The van der Waals surface area contributed by atoms with Crippen molar-refractivity contribution in [3.05, 3.63) is 97.8 Å². The number of rotatable bonds is 5. The van der Waals surface area contributed by atoms with Gasteiger partial charge in [-0.05, 0) is 36.8 Å². The summed E-state index contributed by atoms with van der Waals surface area (Å²) in [5, 5.41) is 24.3. The summed E-state index contributed by atoms with van der Waals surface area (Å²) in [6.07, 6.45) is 0. The third-order valence-corrected chi connectivity index (χ3v) is 5.37. The van der Waals surface area contributed by atoms with Gasteiger partial charge in [-0.1, -0.05) is 29.8 Å². The van der Waals surface area contributed by atoms with Crippen LogP contribution >= 0.6 is 0 Å². The molecule has 0 spiro atoms. The van der Waals surface area contributed by atoms with Crippen LogP contribution in [-0.4, -0.2) is 25.5 Å². The third kappa shape index (κ3) is 4.16. The summed E-state index contributed by atoms with van der Waals surface area (Å²) in [5.41, 5.74) is 2.06. The number of nitrogens with zero attached hydrogens (tertiary/aromatic N) is 3. The zero-order chi connectivity index (χ0) is 23.7. The van der Waals surface area contributed by atoms with Crippen LogP contribution in [-0.2, 0) is 13.6 Å². The van der Waals surface area contributed by atoms with E-state index in [4.69, 9.17) is 0 Å². The molecule has 4 aromatic rings. The number of hydrogen-bond donors (Lipinski definition) is 2. The summed E-state index contributed by atoms with van der Waals surface area (Å²) in [6.45, 7) is 2.24. The van der Waals surface area contributed by atoms with Gasteiger partial charge in [0.2, 0.25) is 0 Å². The number of benzene rings is 3. The number of amides is 1. The highest BCUT2D eigenvalue weighted by atomic mass is 16.6. The first kappa shape index (κ1) is 21.7. The van der Waals surface area contributed by atoms with E-state index in [0.717, 1.165) is 11.1 Å². The lowest BCUT2D eigenvalue weighted by Gasteiger charge is -2.12. The monoisotopic (exact) mass is 444 g/mol. The molecule has 0 saturated heterocycles. The van der Waals surface area contributed by atoms with E-state index < -0.39 is 22.1 Å². The van der Waals surface area contributed by atoms with E-state index in [9.17, 15) is 24.8 Å². The standard InChI is InChI=1S/C24H20N4O5/c1-14-3-5-15(6-4-14)13-25-23(30)18-11-12-19-20(21(18)29)24(31)27(2)22(26-19)16-7-9-17(10-8-16)28(32)33/h3-12,29H,13H2,1-2H3,(H,25,30). The predicted molar refractivity (Wildman–Crippen MR) is 123 cm³/mol. The van der Waals surface area contributed by atoms with E-state index in [1.54, 1.807) is 0 Å². The number of carbonyl (C=O) groups is 1. The smallest absolute Gasteiger partial charge is 0.269 e. The molecule has 3 aromatic carbocycles. The number of carbonyl (C=O) groups excluding carboxylic acids is 1. The second kappa shape index (κ2) is 8.54. The van der Waals surface area contributed by atoms with Crippen LogP contribution in [0.1, 0.15) is 21.5 Å². The van der Waals surface area contributed by atoms with Gasteiger partial charge in [-0.3, -0.25) is 24.3 Å². The molecular formula is C24H20N4O5. The number of phenols is 1. The van der Waals surface area contributed by atoms with Crippen LogP contribution in [0.25, 0.3) is 22.3 Å². The maximum atomic E-state index is 13.0. The Bertz CT molecular complexity index is 1440. The Labute approximate surface area is 188 Å². The number of fused-ring (bicyclic) bond motifs is 1. The molecule has 1 aromatic heterocycles. The molecule has 33 heavy (non-hydrogen) atoms. The van der Waals surface area contributed by atoms with Gasteiger partial charge in [0.1, 0.15) is 17.0 Å². The number of nitro benzene ring substituents is 1. The van der Waals surface area contributed by atoms with E-state index in [1.807, 2.05) is 31.2 Å². The van der Waals surface area contributed by atoms with Gasteiger partial charge < -0.3 is 10.4 Å². The second-order valence-electron chi connectivity index (χ2n) is 7.63. The van der Waals surface area contributed by atoms with E-state index in [0.29, 0.717) is 5.56 Å². The highest BCUT2D eigenvalue weighted by Crippen LogP contribution is 2.28. The van der Waals surface area contributed by atoms with Crippen molar-refractivity contribution in [2.75, 3.05) is 0 Å². The van der Waals surface area contributed by atoms with Gasteiger partial charge in [0.25, 0.3) is 17.2 Å². The average Bonchev–Trinajstić information content (AvgIpc) is 2.81. The largest absolute Gasteiger partial charge is 0.506 e. The quantitative estimate of drug-likeness (QED) is 0.358. The molecule has 4 rings (SSSR count). The summed E-state index contributed by atoms with van der Waals surface area (Å²) in [4.78, 5) is 40.5. The lowest BCUT2D eigenvalue weighted by Crippen LogP contribution is -2.24. The first-order valence-corrected chi connectivity index (χ1v) is 10.1. The van der Waals surface area contributed by atoms with Gasteiger partial charge in [-0.25, -0.2) is 4.98 Å². The summed E-state index contributed by atoms with van der Waals surface area (Å²) in [5.74, 6) is -0.688. The zero-order valence-corrected chi connectivity index (χ0v) is 17.9. The number of aromatic nitrogens is 2. The SMILES string of the molecule is Cc1ccc(CNC(=O)c2ccc3nc(-c4ccc([N+](=O)[O-])cc4)n(C)c(=O)c3c2O)cc1. The molecule has 9 nitrogen and oxygen atoms in total. The van der Waals surface area contributed by atoms with Crippen LogP contribution in [0, 0.1) is 17.0 Å². The van der Waals surface area contributed by atoms with Gasteiger partial charge in [-0.15, -0.1) is 0 Å². The fourth-order valence-corrected chi connectivity index (χ4v) is 3.49. The van der Waals surface area contributed by atoms with Crippen LogP contribution in [0.4, 0.5) is 5.69 Å². The van der Waals surface area contributed by atoms with Crippen LogP contribution in [0.2, 0.25) is 0 Å². The Morgan fingerprint density at radius 3 is 2.39 bits per heavy atom. The Balaban J connectivity index is 1.68. The second-order valence-corrected chi connectivity index (χ2v) is 7.63. The Morgan fingerprint density at radius 1 is 1.09 bits per heavy atom. The average molecular weight is 444 g/mol. The van der Waals surface area contributed by atoms with Crippen molar-refractivity contribution >= 4 is 22.5 Å². The van der Waals surface area contributed by atoms with Crippen molar-refractivity contribution in [1.29, 1.82) is 0 Å². The molecule has 1 amide bonds. The number of non-ortho nitro benzene ring substituents is 1. The Hall–Kier alpha value is -4.53. The highest BCUT2D eigenvalue weighted by Gasteiger charge is 2.19. The number of phenolic OH excluding ortho intramolecular Hbond substituents is 1. The van der Waals surface area contributed by atoms with Crippen LogP contribution in [0.5, 0.6) is 5.75 Å². The minimum atomic E-state index is -0.543. The normalized spacial score (nSPS) is 10.8. The first-order valence-electron chi connectivity index (χ1n) is 10.1. The molecule has 166 valence electrons. The minimum absolute atomic E-state index is 0.0309. The van der Waals surface area contributed by atoms with Crippen LogP contribution in [0.3, 0.4) is 0 Å². The number of aryl methyl sites for hydroxylation is 1. The van der Waals surface area contributed by atoms with Gasteiger partial charge in [-0.2, -0.15) is 0 Å². The summed E-state index contributed by atoms with van der Waals surface area (Å²) >= 11 is 0. The molecule has 2 N–H and O–H groups in total. The minimum Gasteiger partial charge on any atom is -0.506 e. The number of nitrogens with one attached hydrogen (secondary N) is 1. The van der Waals surface area contributed by atoms with Gasteiger partial charge in [0.05, 0.1) is 16.0 Å². The lowest BCUT2D eigenvalue weighted by molar-refractivity contribution is -0.384. The topological polar surface area (TPSA) is 127 Å². The van der Waals surface area contributed by atoms with Gasteiger partial charge in [0.15, 0.2) is 0 Å². The van der Waals surface area contributed by atoms with E-state index in [2.05, 4.69) is 10.3 Å². The van der Waals surface area contributed by atoms with E-state index >= 15 is 0 Å². The van der Waals surface area contributed by atoms with E-state index in [-0.39, 0.29) is 34.5 Å². The van der Waals surface area contributed by atoms with Crippen molar-refractivity contribution in [1.82, 2.24) is 14.9 Å². The Kier molecular flexibility index (Phi) is 5.61. The highest BCUT2D eigenvalue weighted by molar-refractivity contribution is 6.02. The molecule has 0 aliphatic heterocycles. The maximum absolute atomic E-state index is 13.0. The fraction of sp³-hybridized carbons (Fsp3) is 0.125. The molecule has 0 unspecified atom stereocenters. The van der Waals surface area contributed by atoms with Crippen molar-refractivity contribution < 1.29 is 14.8 Å². The maximum Gasteiger partial charge on any atom is 0.269 e. The molecule has 0 fully saturated rings. The zero-order valence-electron chi connectivity index (χ0n) is 17.9. The summed E-state index contributed by atoms with van der Waals surface area (Å²) in [7, 11) is 1.48. The molecule has 0 atom stereocenters. The van der Waals surface area contributed by atoms with Crippen molar-refractivity contribution in [2.45, 2.75) is 13.5 Å². The van der Waals surface area contributed by atoms with Crippen molar-refractivity contribution in [3.63, 3.8) is 0 Å². The molecule has 0 aliphatic carbocycles. The number of aromatic hydroxyl groups is 1. The van der Waals surface area contributed by atoms with Crippen molar-refractivity contribution in [3.8, 4) is 17.1 Å². The molecule has 0 radical (unpaired) electrons. The molecule has 0 aliphatic rings. The van der Waals surface area contributed by atoms with Crippen LogP contribution < -0.4 is 10.9 Å². The van der Waals surface area contributed by atoms with Crippen LogP contribution in [0.15, 0.2) is 65.5 Å². The van der Waals surface area contributed by atoms with Gasteiger partial charge >= 0.3 is 0 Å². The molecule has 0 bridgehead atoms. The molecule has 0 saturated carbocycles. The Morgan fingerprint density at radius 2 is 1.76 bits per heavy atom. The molecular weight excluding hydrogens is 424 g/mol. The molecule has 9 heteroatoms. The number of hydrogen-bond acceptors (Lipinski definition) is 6. The summed E-state index contributed by atoms with van der Waals surface area (Å²) in [6, 6.07) is 16.2. The van der Waals surface area contributed by atoms with E-state index in [1.165, 1.54) is 48.0 Å². The lowest BCUT2D eigenvalue weighted by atomic mass is 10.1. The predicted octanol–water partition coefficient (Wildman–Crippen LogP) is 3.45. The van der Waals surface area contributed by atoms with Crippen molar-refractivity contribution in [2.24, 2.45) is 7.05 Å². The summed E-state index contributed by atoms with van der Waals surface area (Å²) < 4.78 is 1.23. The third-order valence-electron chi connectivity index (χ3n) is 5.37. The van der Waals surface area contributed by atoms with Gasteiger partial charge in [0, 0.05) is 31.3 Å². The fourth-order valence-electron chi connectivity index (χ4n) is 3.49. The molecule has 1 heterocycles. The first-order chi connectivity index (χ1) is 15.8. The number of nitro groups is 1.